The summed E-state index contributed by atoms with van der Waals surface area (Å²) in [6.07, 6.45) is 0.180. The van der Waals surface area contributed by atoms with Crippen molar-refractivity contribution in [2.24, 2.45) is 5.92 Å². The molecular weight excluding hydrogens is 261 g/mol. The fraction of sp³-hybridized carbons (Fsp3) is 0.833. The molecule has 0 radical (unpaired) electrons. The Hall–Kier alpha value is -1.27. The zero-order chi connectivity index (χ0) is 14.5. The second-order valence-corrected chi connectivity index (χ2v) is 4.90. The van der Waals surface area contributed by atoms with Crippen LogP contribution in [0, 0.1) is 5.92 Å². The van der Waals surface area contributed by atoms with Crippen LogP contribution in [0.4, 0.5) is 13.2 Å². The van der Waals surface area contributed by atoms with Crippen molar-refractivity contribution in [1.82, 2.24) is 10.6 Å². The Morgan fingerprint density at radius 2 is 1.79 bits per heavy atom. The van der Waals surface area contributed by atoms with Gasteiger partial charge in [0, 0.05) is 5.92 Å². The molecule has 19 heavy (non-hydrogen) atoms. The normalized spacial score (nSPS) is 18.7. The largest absolute Gasteiger partial charge is 0.405 e. The highest BCUT2D eigenvalue weighted by Crippen LogP contribution is 2.23. The molecule has 0 unspecified atom stereocenters. The maximum atomic E-state index is 11.9. The molecule has 110 valence electrons. The van der Waals surface area contributed by atoms with Gasteiger partial charge in [0.05, 0.1) is 0 Å². The number of alkyl halides is 3. The van der Waals surface area contributed by atoms with Crippen molar-refractivity contribution in [3.63, 3.8) is 0 Å². The van der Waals surface area contributed by atoms with Gasteiger partial charge < -0.3 is 10.6 Å². The Kier molecular flexibility index (Phi) is 5.62. The maximum Gasteiger partial charge on any atom is 0.405 e. The van der Waals surface area contributed by atoms with E-state index in [-0.39, 0.29) is 11.8 Å². The predicted molar refractivity (Wildman–Crippen MR) is 63.2 cm³/mol. The van der Waals surface area contributed by atoms with Crippen LogP contribution in [0.1, 0.15) is 39.0 Å². The van der Waals surface area contributed by atoms with E-state index in [1.54, 1.807) is 5.32 Å². The van der Waals surface area contributed by atoms with Crippen molar-refractivity contribution in [3.8, 4) is 0 Å². The van der Waals surface area contributed by atoms with Gasteiger partial charge in [-0.3, -0.25) is 9.59 Å². The number of hydrogen-bond acceptors (Lipinski definition) is 2. The van der Waals surface area contributed by atoms with E-state index in [4.69, 9.17) is 0 Å². The zero-order valence-electron chi connectivity index (χ0n) is 10.8. The lowest BCUT2D eigenvalue weighted by Crippen LogP contribution is -2.48. The Morgan fingerprint density at radius 1 is 1.21 bits per heavy atom. The molecule has 1 aliphatic carbocycles. The number of nitrogens with one attached hydrogen (secondary N) is 2. The summed E-state index contributed by atoms with van der Waals surface area (Å²) in [5, 5.41) is 4.22. The smallest absolute Gasteiger partial charge is 0.345 e. The van der Waals surface area contributed by atoms with E-state index in [0.717, 1.165) is 32.1 Å². The van der Waals surface area contributed by atoms with Crippen LogP contribution in [-0.2, 0) is 9.59 Å². The fourth-order valence-electron chi connectivity index (χ4n) is 2.10. The molecule has 1 atom stereocenters. The fourth-order valence-corrected chi connectivity index (χ4v) is 2.10. The number of rotatable bonds is 4. The van der Waals surface area contributed by atoms with Gasteiger partial charge in [0.2, 0.25) is 11.8 Å². The highest BCUT2D eigenvalue weighted by molar-refractivity contribution is 5.88. The summed E-state index contributed by atoms with van der Waals surface area (Å²) in [6.45, 7) is 0.00189. The molecule has 0 aromatic heterocycles. The average molecular weight is 280 g/mol. The first-order valence-electron chi connectivity index (χ1n) is 6.44. The van der Waals surface area contributed by atoms with Crippen molar-refractivity contribution in [2.75, 3.05) is 6.54 Å². The molecule has 7 heteroatoms. The standard InChI is InChI=1S/C12H19F3N2O2/c1-8(10(18)16-7-12(13,14)15)17-11(19)9-5-3-2-4-6-9/h8-9H,2-7H2,1H3,(H,16,18)(H,17,19)/t8-/m1/s1. The van der Waals surface area contributed by atoms with Crippen LogP contribution < -0.4 is 10.6 Å². The van der Waals surface area contributed by atoms with Gasteiger partial charge in [-0.1, -0.05) is 19.3 Å². The third kappa shape index (κ3) is 5.94. The van der Waals surface area contributed by atoms with E-state index in [9.17, 15) is 22.8 Å². The molecule has 1 saturated carbocycles. The van der Waals surface area contributed by atoms with Crippen molar-refractivity contribution in [3.05, 3.63) is 0 Å². The van der Waals surface area contributed by atoms with Crippen LogP contribution in [0.2, 0.25) is 0 Å². The number of halogens is 3. The monoisotopic (exact) mass is 280 g/mol. The van der Waals surface area contributed by atoms with Crippen molar-refractivity contribution in [1.29, 1.82) is 0 Å². The third-order valence-electron chi connectivity index (χ3n) is 3.19. The highest BCUT2D eigenvalue weighted by atomic mass is 19.4. The minimum Gasteiger partial charge on any atom is -0.345 e. The first kappa shape index (κ1) is 15.8. The summed E-state index contributed by atoms with van der Waals surface area (Å²) in [5.74, 6) is -1.18. The quantitative estimate of drug-likeness (QED) is 0.824. The van der Waals surface area contributed by atoms with Gasteiger partial charge in [0.25, 0.3) is 0 Å². The van der Waals surface area contributed by atoms with Crippen LogP contribution in [0.5, 0.6) is 0 Å². The molecule has 0 aromatic carbocycles. The molecule has 1 rings (SSSR count). The molecule has 0 bridgehead atoms. The minimum atomic E-state index is -4.44. The zero-order valence-corrected chi connectivity index (χ0v) is 10.8. The summed E-state index contributed by atoms with van der Waals surface area (Å²) >= 11 is 0. The molecule has 0 spiro atoms. The summed E-state index contributed by atoms with van der Waals surface area (Å²) in [5.41, 5.74) is 0. The number of carbonyl (C=O) groups is 2. The first-order valence-corrected chi connectivity index (χ1v) is 6.44. The van der Waals surface area contributed by atoms with Crippen molar-refractivity contribution < 1.29 is 22.8 Å². The summed E-state index contributed by atoms with van der Waals surface area (Å²) in [4.78, 5) is 23.2. The maximum absolute atomic E-state index is 11.9. The van der Waals surface area contributed by atoms with E-state index in [1.165, 1.54) is 6.92 Å². The summed E-state index contributed by atoms with van der Waals surface area (Å²) in [6, 6.07) is -0.947. The molecule has 2 amide bonds. The van der Waals surface area contributed by atoms with Gasteiger partial charge in [-0.25, -0.2) is 0 Å². The minimum absolute atomic E-state index is 0.119. The summed E-state index contributed by atoms with van der Waals surface area (Å²) < 4.78 is 35.8. The topological polar surface area (TPSA) is 58.2 Å². The van der Waals surface area contributed by atoms with Gasteiger partial charge in [-0.15, -0.1) is 0 Å². The second-order valence-electron chi connectivity index (χ2n) is 4.90. The lowest BCUT2D eigenvalue weighted by molar-refractivity contribution is -0.140. The van der Waals surface area contributed by atoms with E-state index in [1.807, 2.05) is 0 Å². The van der Waals surface area contributed by atoms with Crippen molar-refractivity contribution in [2.45, 2.75) is 51.2 Å². The number of carbonyl (C=O) groups excluding carboxylic acids is 2. The van der Waals surface area contributed by atoms with Crippen LogP contribution in [0.15, 0.2) is 0 Å². The number of hydrogen-bond donors (Lipinski definition) is 2. The molecule has 0 aromatic rings. The van der Waals surface area contributed by atoms with Crippen LogP contribution in [0.25, 0.3) is 0 Å². The lowest BCUT2D eigenvalue weighted by Gasteiger charge is -2.23. The van der Waals surface area contributed by atoms with Crippen LogP contribution in [0.3, 0.4) is 0 Å². The lowest BCUT2D eigenvalue weighted by atomic mass is 9.88. The van der Waals surface area contributed by atoms with E-state index < -0.39 is 24.7 Å². The molecule has 1 aliphatic rings. The second kappa shape index (κ2) is 6.77. The predicted octanol–water partition coefficient (Wildman–Crippen LogP) is 1.75. The van der Waals surface area contributed by atoms with Crippen LogP contribution >= 0.6 is 0 Å². The van der Waals surface area contributed by atoms with Gasteiger partial charge >= 0.3 is 6.18 Å². The van der Waals surface area contributed by atoms with Crippen molar-refractivity contribution >= 4 is 11.8 Å². The molecule has 0 heterocycles. The average Bonchev–Trinajstić information content (AvgIpc) is 2.36. The molecule has 4 nitrogen and oxygen atoms in total. The van der Waals surface area contributed by atoms with E-state index in [2.05, 4.69) is 5.32 Å². The molecule has 1 fully saturated rings. The molecule has 2 N–H and O–H groups in total. The molecular formula is C12H19F3N2O2. The first-order chi connectivity index (χ1) is 8.79. The van der Waals surface area contributed by atoms with Gasteiger partial charge in [-0.2, -0.15) is 13.2 Å². The SMILES string of the molecule is C[C@@H](NC(=O)C1CCCCC1)C(=O)NCC(F)(F)F. The van der Waals surface area contributed by atoms with Gasteiger partial charge in [0.15, 0.2) is 0 Å². The summed E-state index contributed by atoms with van der Waals surface area (Å²) in [7, 11) is 0. The third-order valence-corrected chi connectivity index (χ3v) is 3.19. The Labute approximate surface area is 110 Å². The number of amides is 2. The Morgan fingerprint density at radius 3 is 2.32 bits per heavy atom. The Balaban J connectivity index is 2.34. The molecule has 0 saturated heterocycles. The molecule has 0 aliphatic heterocycles. The van der Waals surface area contributed by atoms with E-state index in [0.29, 0.717) is 0 Å². The highest BCUT2D eigenvalue weighted by Gasteiger charge is 2.29. The van der Waals surface area contributed by atoms with Gasteiger partial charge in [-0.05, 0) is 19.8 Å². The van der Waals surface area contributed by atoms with E-state index >= 15 is 0 Å². The van der Waals surface area contributed by atoms with Gasteiger partial charge in [0.1, 0.15) is 12.6 Å². The Bertz CT molecular complexity index is 325. The van der Waals surface area contributed by atoms with Crippen LogP contribution in [-0.4, -0.2) is 30.6 Å².